The smallest absolute Gasteiger partial charge is 0.231 e. The summed E-state index contributed by atoms with van der Waals surface area (Å²) >= 11 is 0. The van der Waals surface area contributed by atoms with Gasteiger partial charge in [-0.1, -0.05) is 6.07 Å². The third-order valence-electron chi connectivity index (χ3n) is 5.85. The SMILES string of the molecule is COc1ccc(OC)c(/C=C2\Oc3c(cc4c(c3C)OCN(Cc3cccnc3)C4)C2=O)c1. The molecule has 2 aliphatic rings. The molecule has 7 heteroatoms. The van der Waals surface area contributed by atoms with Gasteiger partial charge in [-0.3, -0.25) is 14.7 Å². The van der Waals surface area contributed by atoms with Gasteiger partial charge in [0.15, 0.2) is 5.76 Å². The maximum Gasteiger partial charge on any atom is 0.231 e. The fourth-order valence-electron chi connectivity index (χ4n) is 4.24. The van der Waals surface area contributed by atoms with Crippen LogP contribution in [0.15, 0.2) is 54.6 Å². The number of ketones is 1. The minimum Gasteiger partial charge on any atom is -0.497 e. The van der Waals surface area contributed by atoms with Crippen LogP contribution in [0.25, 0.3) is 6.08 Å². The number of fused-ring (bicyclic) bond motifs is 2. The van der Waals surface area contributed by atoms with E-state index in [0.29, 0.717) is 48.2 Å². The van der Waals surface area contributed by atoms with Crippen molar-refractivity contribution in [1.29, 1.82) is 0 Å². The van der Waals surface area contributed by atoms with Crippen LogP contribution in [0.3, 0.4) is 0 Å². The fraction of sp³-hybridized carbons (Fsp3) is 0.231. The van der Waals surface area contributed by atoms with Gasteiger partial charge in [-0.2, -0.15) is 0 Å². The quantitative estimate of drug-likeness (QED) is 0.541. The van der Waals surface area contributed by atoms with E-state index in [9.17, 15) is 4.79 Å². The Bertz CT molecular complexity index is 1250. The van der Waals surface area contributed by atoms with E-state index < -0.39 is 0 Å². The van der Waals surface area contributed by atoms with Crippen molar-refractivity contribution in [2.45, 2.75) is 20.0 Å². The number of aromatic nitrogens is 1. The Morgan fingerprint density at radius 1 is 1.15 bits per heavy atom. The number of pyridine rings is 1. The number of benzene rings is 2. The topological polar surface area (TPSA) is 70.1 Å². The molecule has 0 radical (unpaired) electrons. The van der Waals surface area contributed by atoms with Gasteiger partial charge in [0.25, 0.3) is 0 Å². The monoisotopic (exact) mass is 444 g/mol. The van der Waals surface area contributed by atoms with Crippen LogP contribution in [0.4, 0.5) is 0 Å². The summed E-state index contributed by atoms with van der Waals surface area (Å²) in [7, 11) is 3.18. The van der Waals surface area contributed by atoms with E-state index in [2.05, 4.69) is 9.88 Å². The molecule has 0 N–H and O–H groups in total. The van der Waals surface area contributed by atoms with Gasteiger partial charge in [0.1, 0.15) is 29.7 Å². The Hall–Kier alpha value is -3.84. The summed E-state index contributed by atoms with van der Waals surface area (Å²) in [6.45, 7) is 3.78. The third-order valence-corrected chi connectivity index (χ3v) is 5.85. The maximum absolute atomic E-state index is 13.2. The molecule has 2 aromatic carbocycles. The van der Waals surface area contributed by atoms with Crippen molar-refractivity contribution >= 4 is 11.9 Å². The van der Waals surface area contributed by atoms with Crippen LogP contribution in [0.1, 0.15) is 32.6 Å². The predicted octanol–water partition coefficient (Wildman–Crippen LogP) is 4.38. The van der Waals surface area contributed by atoms with Crippen LogP contribution < -0.4 is 18.9 Å². The number of carbonyl (C=O) groups excluding carboxylic acids is 1. The summed E-state index contributed by atoms with van der Waals surface area (Å²) in [6, 6.07) is 11.3. The number of Topliss-reactive ketones (excluding diaryl/α,β-unsaturated/α-hetero) is 1. The first kappa shape index (κ1) is 21.0. The Balaban J connectivity index is 1.45. The van der Waals surface area contributed by atoms with Crippen LogP contribution in [0.5, 0.6) is 23.0 Å². The van der Waals surface area contributed by atoms with Crippen molar-refractivity contribution in [2.24, 2.45) is 0 Å². The van der Waals surface area contributed by atoms with E-state index in [0.717, 1.165) is 22.4 Å². The summed E-state index contributed by atoms with van der Waals surface area (Å²) in [4.78, 5) is 19.6. The molecular weight excluding hydrogens is 420 g/mol. The van der Waals surface area contributed by atoms with Crippen LogP contribution in [0.2, 0.25) is 0 Å². The first-order chi connectivity index (χ1) is 16.1. The van der Waals surface area contributed by atoms with Gasteiger partial charge in [0.05, 0.1) is 19.8 Å². The van der Waals surface area contributed by atoms with Crippen LogP contribution in [0, 0.1) is 6.92 Å². The first-order valence-electron chi connectivity index (χ1n) is 10.6. The molecule has 7 nitrogen and oxygen atoms in total. The second-order valence-corrected chi connectivity index (χ2v) is 8.04. The zero-order valence-electron chi connectivity index (χ0n) is 18.8. The molecular formula is C26H24N2O5. The van der Waals surface area contributed by atoms with Crippen molar-refractivity contribution in [2.75, 3.05) is 21.0 Å². The van der Waals surface area contributed by atoms with Crippen LogP contribution >= 0.6 is 0 Å². The Morgan fingerprint density at radius 2 is 2.03 bits per heavy atom. The van der Waals surface area contributed by atoms with Crippen LogP contribution in [-0.4, -0.2) is 36.6 Å². The lowest BCUT2D eigenvalue weighted by Crippen LogP contribution is -2.32. The highest BCUT2D eigenvalue weighted by molar-refractivity contribution is 6.15. The zero-order valence-corrected chi connectivity index (χ0v) is 18.8. The van der Waals surface area contributed by atoms with Gasteiger partial charge in [-0.25, -0.2) is 0 Å². The Labute approximate surface area is 192 Å². The van der Waals surface area contributed by atoms with Crippen molar-refractivity contribution in [3.8, 4) is 23.0 Å². The highest BCUT2D eigenvalue weighted by Gasteiger charge is 2.33. The molecule has 0 aliphatic carbocycles. The van der Waals surface area contributed by atoms with E-state index >= 15 is 0 Å². The molecule has 33 heavy (non-hydrogen) atoms. The molecule has 1 aromatic heterocycles. The lowest BCUT2D eigenvalue weighted by Gasteiger charge is -2.30. The molecule has 0 bridgehead atoms. The second-order valence-electron chi connectivity index (χ2n) is 8.04. The number of allylic oxidation sites excluding steroid dienone is 1. The lowest BCUT2D eigenvalue weighted by molar-refractivity contribution is 0.0876. The average Bonchev–Trinajstić information content (AvgIpc) is 3.15. The van der Waals surface area contributed by atoms with Gasteiger partial charge >= 0.3 is 0 Å². The van der Waals surface area contributed by atoms with Gasteiger partial charge in [-0.15, -0.1) is 0 Å². The van der Waals surface area contributed by atoms with E-state index in [4.69, 9.17) is 18.9 Å². The normalized spacial score (nSPS) is 16.1. The average molecular weight is 444 g/mol. The van der Waals surface area contributed by atoms with E-state index in [1.807, 2.05) is 37.4 Å². The lowest BCUT2D eigenvalue weighted by atomic mass is 9.99. The molecule has 3 aromatic rings. The van der Waals surface area contributed by atoms with Crippen molar-refractivity contribution in [3.05, 3.63) is 82.4 Å². The zero-order chi connectivity index (χ0) is 22.9. The van der Waals surface area contributed by atoms with E-state index in [1.165, 1.54) is 0 Å². The number of carbonyl (C=O) groups is 1. The van der Waals surface area contributed by atoms with E-state index in [-0.39, 0.29) is 11.5 Å². The number of hydrogen-bond donors (Lipinski definition) is 0. The standard InChI is InChI=1S/C26H24N2O5/c1-16-25-19(14-28(15-32-25)13-17-5-4-8-27-12-17)10-21-24(29)23(33-26(16)21)11-18-9-20(30-2)6-7-22(18)31-3/h4-12H,13-15H2,1-3H3/b23-11-. The molecule has 0 spiro atoms. The molecule has 2 aliphatic heterocycles. The summed E-state index contributed by atoms with van der Waals surface area (Å²) in [5, 5.41) is 0. The largest absolute Gasteiger partial charge is 0.497 e. The molecule has 3 heterocycles. The molecule has 0 atom stereocenters. The van der Waals surface area contributed by atoms with Gasteiger partial charge in [0.2, 0.25) is 5.78 Å². The summed E-state index contributed by atoms with van der Waals surface area (Å²) in [5.41, 5.74) is 4.16. The van der Waals surface area contributed by atoms with Crippen molar-refractivity contribution < 1.29 is 23.7 Å². The van der Waals surface area contributed by atoms with Crippen molar-refractivity contribution in [3.63, 3.8) is 0 Å². The summed E-state index contributed by atoms with van der Waals surface area (Å²) in [5.74, 6) is 2.71. The molecule has 0 saturated heterocycles. The number of nitrogens with zero attached hydrogens (tertiary/aromatic N) is 2. The summed E-state index contributed by atoms with van der Waals surface area (Å²) in [6.07, 6.45) is 5.30. The first-order valence-corrected chi connectivity index (χ1v) is 10.6. The Morgan fingerprint density at radius 3 is 2.79 bits per heavy atom. The highest BCUT2D eigenvalue weighted by atomic mass is 16.5. The van der Waals surface area contributed by atoms with Gasteiger partial charge in [-0.05, 0) is 48.9 Å². The number of ether oxygens (including phenoxy) is 4. The molecule has 0 fully saturated rings. The summed E-state index contributed by atoms with van der Waals surface area (Å²) < 4.78 is 22.9. The highest BCUT2D eigenvalue weighted by Crippen LogP contribution is 2.43. The minimum absolute atomic E-state index is 0.162. The molecule has 0 saturated carbocycles. The molecule has 0 amide bonds. The number of hydrogen-bond acceptors (Lipinski definition) is 7. The van der Waals surface area contributed by atoms with Gasteiger partial charge < -0.3 is 18.9 Å². The molecule has 0 unspecified atom stereocenters. The minimum atomic E-state index is -0.162. The molecule has 168 valence electrons. The number of methoxy groups -OCH3 is 2. The van der Waals surface area contributed by atoms with E-state index in [1.54, 1.807) is 38.6 Å². The maximum atomic E-state index is 13.2. The predicted molar refractivity (Wildman–Crippen MR) is 123 cm³/mol. The third kappa shape index (κ3) is 3.91. The van der Waals surface area contributed by atoms with Crippen LogP contribution in [-0.2, 0) is 13.1 Å². The van der Waals surface area contributed by atoms with Gasteiger partial charge in [0, 0.05) is 42.2 Å². The second kappa shape index (κ2) is 8.60. The van der Waals surface area contributed by atoms with Crippen molar-refractivity contribution in [1.82, 2.24) is 9.88 Å². The molecule has 5 rings (SSSR count). The fourth-order valence-corrected chi connectivity index (χ4v) is 4.24. The Kier molecular flexibility index (Phi) is 5.48. The number of rotatable bonds is 5.